The Bertz CT molecular complexity index is 1190. The lowest BCUT2D eigenvalue weighted by atomic mass is 10.0. The molecular formula is C23H20N2O4. The zero-order valence-corrected chi connectivity index (χ0v) is 16.4. The number of anilines is 1. The van der Waals surface area contributed by atoms with E-state index in [1.54, 1.807) is 23.8 Å². The van der Waals surface area contributed by atoms with Crippen molar-refractivity contribution in [1.82, 2.24) is 4.57 Å². The van der Waals surface area contributed by atoms with Gasteiger partial charge < -0.3 is 4.74 Å². The molecule has 0 fully saturated rings. The van der Waals surface area contributed by atoms with Crippen molar-refractivity contribution in [3.63, 3.8) is 0 Å². The van der Waals surface area contributed by atoms with Crippen LogP contribution >= 0.6 is 0 Å². The Labute approximate surface area is 168 Å². The molecule has 146 valence electrons. The Kier molecular flexibility index (Phi) is 4.54. The minimum atomic E-state index is -0.731. The van der Waals surface area contributed by atoms with Gasteiger partial charge in [0.25, 0.3) is 5.91 Å². The fourth-order valence-corrected chi connectivity index (χ4v) is 3.80. The quantitative estimate of drug-likeness (QED) is 0.500. The van der Waals surface area contributed by atoms with Gasteiger partial charge in [0, 0.05) is 36.6 Å². The molecule has 6 heteroatoms. The molecule has 3 aromatic rings. The average molecular weight is 388 g/mol. The number of carbonyl (C=O) groups excluding carboxylic acids is 3. The first-order valence-electron chi connectivity index (χ1n) is 9.31. The molecule has 1 atom stereocenters. The molecule has 29 heavy (non-hydrogen) atoms. The van der Waals surface area contributed by atoms with Crippen molar-refractivity contribution in [2.75, 3.05) is 4.90 Å². The molecule has 2 heterocycles. The SMILES string of the molecule is CC(=O)OC(C)N1C(=O)/C(=C\c2cn(C(C)=O)c3ccccc23)c2ccccc21. The molecule has 0 radical (unpaired) electrons. The summed E-state index contributed by atoms with van der Waals surface area (Å²) in [7, 11) is 0. The molecule has 1 amide bonds. The van der Waals surface area contributed by atoms with Crippen LogP contribution in [0.2, 0.25) is 0 Å². The summed E-state index contributed by atoms with van der Waals surface area (Å²) in [5, 5.41) is 0.881. The number of amides is 1. The highest BCUT2D eigenvalue weighted by Gasteiger charge is 2.36. The molecule has 0 aliphatic carbocycles. The van der Waals surface area contributed by atoms with Gasteiger partial charge in [-0.2, -0.15) is 0 Å². The molecule has 0 saturated carbocycles. The van der Waals surface area contributed by atoms with Crippen LogP contribution in [0.4, 0.5) is 5.69 Å². The number of nitrogens with zero attached hydrogens (tertiary/aromatic N) is 2. The second-order valence-corrected chi connectivity index (χ2v) is 6.95. The minimum Gasteiger partial charge on any atom is -0.442 e. The van der Waals surface area contributed by atoms with Gasteiger partial charge in [-0.15, -0.1) is 0 Å². The number of benzene rings is 2. The van der Waals surface area contributed by atoms with Gasteiger partial charge in [0.1, 0.15) is 0 Å². The van der Waals surface area contributed by atoms with E-state index in [0.717, 1.165) is 22.0 Å². The molecule has 0 bridgehead atoms. The van der Waals surface area contributed by atoms with Gasteiger partial charge in [-0.05, 0) is 25.1 Å². The van der Waals surface area contributed by atoms with Crippen LogP contribution < -0.4 is 4.90 Å². The van der Waals surface area contributed by atoms with Crippen LogP contribution in [-0.4, -0.2) is 28.6 Å². The van der Waals surface area contributed by atoms with E-state index >= 15 is 0 Å². The van der Waals surface area contributed by atoms with Crippen molar-refractivity contribution in [2.24, 2.45) is 0 Å². The van der Waals surface area contributed by atoms with Crippen molar-refractivity contribution >= 4 is 46.0 Å². The molecule has 1 unspecified atom stereocenters. The molecule has 1 aliphatic rings. The van der Waals surface area contributed by atoms with Crippen molar-refractivity contribution in [2.45, 2.75) is 27.0 Å². The van der Waals surface area contributed by atoms with E-state index in [2.05, 4.69) is 0 Å². The molecule has 0 saturated heterocycles. The van der Waals surface area contributed by atoms with Gasteiger partial charge in [-0.3, -0.25) is 23.9 Å². The summed E-state index contributed by atoms with van der Waals surface area (Å²) in [6, 6.07) is 15.0. The number of hydrogen-bond acceptors (Lipinski definition) is 4. The second kappa shape index (κ2) is 7.05. The van der Waals surface area contributed by atoms with Crippen molar-refractivity contribution in [3.8, 4) is 0 Å². The molecule has 2 aromatic carbocycles. The second-order valence-electron chi connectivity index (χ2n) is 6.95. The van der Waals surface area contributed by atoms with E-state index in [1.165, 1.54) is 18.7 Å². The summed E-state index contributed by atoms with van der Waals surface area (Å²) in [5.41, 5.74) is 3.50. The number of ether oxygens (including phenoxy) is 1. The molecule has 1 aliphatic heterocycles. The van der Waals surface area contributed by atoms with E-state index in [-0.39, 0.29) is 11.8 Å². The smallest absolute Gasteiger partial charge is 0.304 e. The van der Waals surface area contributed by atoms with E-state index in [1.807, 2.05) is 48.5 Å². The Balaban J connectivity index is 1.87. The van der Waals surface area contributed by atoms with Crippen LogP contribution in [0.1, 0.15) is 36.7 Å². The molecular weight excluding hydrogens is 368 g/mol. The molecule has 4 rings (SSSR count). The van der Waals surface area contributed by atoms with Gasteiger partial charge >= 0.3 is 5.97 Å². The fraction of sp³-hybridized carbons (Fsp3) is 0.174. The molecule has 1 aromatic heterocycles. The third kappa shape index (κ3) is 3.12. The number of aromatic nitrogens is 1. The third-order valence-electron chi connectivity index (χ3n) is 4.98. The van der Waals surface area contributed by atoms with Crippen molar-refractivity contribution in [1.29, 1.82) is 0 Å². The summed E-state index contributed by atoms with van der Waals surface area (Å²) in [6.45, 7) is 4.48. The van der Waals surface area contributed by atoms with Crippen LogP contribution in [0.5, 0.6) is 0 Å². The summed E-state index contributed by atoms with van der Waals surface area (Å²) in [5.74, 6) is -0.807. The maximum absolute atomic E-state index is 13.3. The summed E-state index contributed by atoms with van der Waals surface area (Å²) in [4.78, 5) is 38.2. The topological polar surface area (TPSA) is 68.6 Å². The van der Waals surface area contributed by atoms with E-state index in [9.17, 15) is 14.4 Å². The Morgan fingerprint density at radius 3 is 2.45 bits per heavy atom. The van der Waals surface area contributed by atoms with E-state index in [4.69, 9.17) is 4.74 Å². The number of carbonyl (C=O) groups is 3. The monoisotopic (exact) mass is 388 g/mol. The lowest BCUT2D eigenvalue weighted by Gasteiger charge is -2.24. The Morgan fingerprint density at radius 1 is 1.03 bits per heavy atom. The zero-order chi connectivity index (χ0) is 20.7. The van der Waals surface area contributed by atoms with Gasteiger partial charge in [-0.1, -0.05) is 36.4 Å². The third-order valence-corrected chi connectivity index (χ3v) is 4.98. The van der Waals surface area contributed by atoms with Crippen LogP contribution in [-0.2, 0) is 14.3 Å². The van der Waals surface area contributed by atoms with Gasteiger partial charge in [0.15, 0.2) is 6.23 Å². The fourth-order valence-electron chi connectivity index (χ4n) is 3.80. The predicted molar refractivity (Wildman–Crippen MR) is 111 cm³/mol. The number of para-hydroxylation sites is 2. The molecule has 0 spiro atoms. The van der Waals surface area contributed by atoms with Crippen molar-refractivity contribution < 1.29 is 19.1 Å². The zero-order valence-electron chi connectivity index (χ0n) is 16.4. The highest BCUT2D eigenvalue weighted by molar-refractivity contribution is 6.36. The number of esters is 1. The number of hydrogen-bond donors (Lipinski definition) is 0. The maximum Gasteiger partial charge on any atom is 0.304 e. The van der Waals surface area contributed by atoms with Gasteiger partial charge in [0.2, 0.25) is 5.91 Å². The van der Waals surface area contributed by atoms with Gasteiger partial charge in [0.05, 0.1) is 16.8 Å². The Morgan fingerprint density at radius 2 is 1.72 bits per heavy atom. The molecule has 0 N–H and O–H groups in total. The minimum absolute atomic E-state index is 0.103. The lowest BCUT2D eigenvalue weighted by molar-refractivity contribution is -0.145. The highest BCUT2D eigenvalue weighted by Crippen LogP contribution is 2.39. The van der Waals surface area contributed by atoms with E-state index in [0.29, 0.717) is 11.3 Å². The summed E-state index contributed by atoms with van der Waals surface area (Å²) >= 11 is 0. The molecule has 6 nitrogen and oxygen atoms in total. The number of fused-ring (bicyclic) bond motifs is 2. The van der Waals surface area contributed by atoms with Crippen molar-refractivity contribution in [3.05, 3.63) is 65.9 Å². The van der Waals surface area contributed by atoms with E-state index < -0.39 is 12.2 Å². The number of rotatable bonds is 3. The first-order chi connectivity index (χ1) is 13.9. The predicted octanol–water partition coefficient (Wildman–Crippen LogP) is 4.10. The normalized spacial score (nSPS) is 15.6. The summed E-state index contributed by atoms with van der Waals surface area (Å²) in [6.07, 6.45) is 2.81. The average Bonchev–Trinajstić information content (AvgIpc) is 3.18. The Hall–Kier alpha value is -3.67. The van der Waals surface area contributed by atoms with Crippen LogP contribution in [0.15, 0.2) is 54.7 Å². The largest absolute Gasteiger partial charge is 0.442 e. The highest BCUT2D eigenvalue weighted by atomic mass is 16.6. The van der Waals surface area contributed by atoms with Gasteiger partial charge in [-0.25, -0.2) is 0 Å². The van der Waals surface area contributed by atoms with Crippen LogP contribution in [0.3, 0.4) is 0 Å². The standard InChI is InChI=1S/C23H20N2O4/c1-14(26)24-13-17(18-8-4-6-10-21(18)24)12-20-19-9-5-7-11-22(19)25(23(20)28)15(2)29-16(3)27/h4-13,15H,1-3H3/b20-12-. The summed E-state index contributed by atoms with van der Waals surface area (Å²) < 4.78 is 6.83. The van der Waals surface area contributed by atoms with Crippen LogP contribution in [0.25, 0.3) is 22.6 Å². The maximum atomic E-state index is 13.3. The first-order valence-corrected chi connectivity index (χ1v) is 9.31. The first kappa shape index (κ1) is 18.7. The van der Waals surface area contributed by atoms with Crippen LogP contribution in [0, 0.1) is 0 Å². The lowest BCUT2D eigenvalue weighted by Crippen LogP contribution is -2.38.